The molecule has 3 aliphatic rings. The Morgan fingerprint density at radius 3 is 2.75 bits per heavy atom. The van der Waals surface area contributed by atoms with Crippen LogP contribution in [0.2, 0.25) is 0 Å². The molecule has 0 radical (unpaired) electrons. The van der Waals surface area contributed by atoms with Crippen molar-refractivity contribution in [3.05, 3.63) is 76.7 Å². The maximum Gasteiger partial charge on any atom is 0.278 e. The maximum absolute atomic E-state index is 13.7. The molecule has 1 aromatic carbocycles. The fourth-order valence-electron chi connectivity index (χ4n) is 6.31. The topological polar surface area (TPSA) is 115 Å². The Morgan fingerprint density at radius 1 is 0.977 bits per heavy atom. The number of benzene rings is 1. The number of anilines is 2. The summed E-state index contributed by atoms with van der Waals surface area (Å²) in [6.45, 7) is 4.71. The van der Waals surface area contributed by atoms with E-state index >= 15 is 0 Å². The number of amides is 1. The molecular formula is C32H32N8O4. The number of piperazine rings is 1. The summed E-state index contributed by atoms with van der Waals surface area (Å²) in [6, 6.07) is 9.88. The van der Waals surface area contributed by atoms with Crippen molar-refractivity contribution in [3.8, 4) is 11.6 Å². The lowest BCUT2D eigenvalue weighted by Crippen LogP contribution is -2.44. The van der Waals surface area contributed by atoms with Crippen LogP contribution in [0.25, 0.3) is 27.8 Å². The van der Waals surface area contributed by atoms with Gasteiger partial charge in [0.2, 0.25) is 0 Å². The fraction of sp³-hybridized carbons (Fsp3) is 0.344. The second-order valence-corrected chi connectivity index (χ2v) is 11.6. The van der Waals surface area contributed by atoms with Gasteiger partial charge in [0.05, 0.1) is 18.5 Å². The Morgan fingerprint density at radius 2 is 1.86 bits per heavy atom. The Balaban J connectivity index is 1.23. The lowest BCUT2D eigenvalue weighted by molar-refractivity contribution is -0.121. The van der Waals surface area contributed by atoms with Crippen molar-refractivity contribution in [2.45, 2.75) is 25.8 Å². The van der Waals surface area contributed by atoms with Gasteiger partial charge in [0.15, 0.2) is 35.2 Å². The van der Waals surface area contributed by atoms with Crippen LogP contribution in [0, 0.1) is 0 Å². The largest absolute Gasteiger partial charge is 0.480 e. The first kappa shape index (κ1) is 26.6. The van der Waals surface area contributed by atoms with Crippen LogP contribution >= 0.6 is 0 Å². The van der Waals surface area contributed by atoms with E-state index in [0.29, 0.717) is 53.8 Å². The third-order valence-corrected chi connectivity index (χ3v) is 8.67. The van der Waals surface area contributed by atoms with Crippen molar-refractivity contribution in [2.24, 2.45) is 0 Å². The van der Waals surface area contributed by atoms with Gasteiger partial charge in [0, 0.05) is 50.7 Å². The summed E-state index contributed by atoms with van der Waals surface area (Å²) >= 11 is 0. The van der Waals surface area contributed by atoms with E-state index in [0.717, 1.165) is 61.2 Å². The molecule has 2 bridgehead atoms. The summed E-state index contributed by atoms with van der Waals surface area (Å²) in [4.78, 5) is 47.2. The average molecular weight is 593 g/mol. The number of hydrogen-bond acceptors (Lipinski definition) is 9. The number of furan rings is 1. The van der Waals surface area contributed by atoms with E-state index in [9.17, 15) is 9.59 Å². The molecule has 12 heteroatoms. The number of hydrogen-bond donors (Lipinski definition) is 0. The lowest BCUT2D eigenvalue weighted by atomic mass is 10.1. The van der Waals surface area contributed by atoms with E-state index < -0.39 is 0 Å². The summed E-state index contributed by atoms with van der Waals surface area (Å²) in [7, 11) is 2.14. The molecule has 0 atom stereocenters. The molecule has 1 fully saturated rings. The number of pyridine rings is 1. The normalized spacial score (nSPS) is 18.2. The maximum atomic E-state index is 13.7. The van der Waals surface area contributed by atoms with E-state index in [2.05, 4.69) is 34.0 Å². The van der Waals surface area contributed by atoms with Gasteiger partial charge in [-0.3, -0.25) is 14.5 Å². The van der Waals surface area contributed by atoms with Crippen LogP contribution < -0.4 is 20.1 Å². The lowest BCUT2D eigenvalue weighted by Gasteiger charge is -2.34. The third-order valence-electron chi connectivity index (χ3n) is 8.67. The number of rotatable bonds is 3. The van der Waals surface area contributed by atoms with Crippen LogP contribution in [0.15, 0.2) is 64.2 Å². The first-order chi connectivity index (χ1) is 21.5. The number of carbonyl (C=O) groups excluding carboxylic acids is 1. The number of likely N-dealkylation sites (N-methyl/N-ethyl adjacent to an activating group) is 1. The third kappa shape index (κ3) is 4.53. The van der Waals surface area contributed by atoms with Crippen molar-refractivity contribution in [3.63, 3.8) is 0 Å². The van der Waals surface area contributed by atoms with E-state index in [-0.39, 0.29) is 18.1 Å². The monoisotopic (exact) mass is 592 g/mol. The first-order valence-electron chi connectivity index (χ1n) is 15.0. The molecule has 1 saturated heterocycles. The van der Waals surface area contributed by atoms with Gasteiger partial charge in [-0.05, 0) is 55.8 Å². The number of allylic oxidation sites excluding steroid dienone is 2. The second-order valence-electron chi connectivity index (χ2n) is 11.6. The highest BCUT2D eigenvalue weighted by Gasteiger charge is 2.28. The summed E-state index contributed by atoms with van der Waals surface area (Å²) in [5.41, 5.74) is 3.29. The molecule has 0 aliphatic carbocycles. The van der Waals surface area contributed by atoms with Crippen LogP contribution in [0.5, 0.6) is 5.75 Å². The Hall–Kier alpha value is -4.97. The minimum absolute atomic E-state index is 0.0151. The molecule has 0 spiro atoms. The minimum Gasteiger partial charge on any atom is -0.480 e. The zero-order valence-electron chi connectivity index (χ0n) is 24.5. The quantitative estimate of drug-likeness (QED) is 0.292. The molecule has 1 amide bonds. The standard InChI is InChI=1S/C32H32N8O4/c1-36-11-13-37(14-12-36)24-17-21(16-22-8-15-43-29(22)24)18-26-33-19-23-30(34-26)40-27-7-6-25-31(35-27)38(28(41)20-44-25)9-4-2-3-5-10-39(40)32(23)42/h3,5-8,15-17,19H,2,4,9-14,18,20H2,1H3/b5-3-. The summed E-state index contributed by atoms with van der Waals surface area (Å²) in [6.07, 6.45) is 9.40. The fourth-order valence-corrected chi connectivity index (χ4v) is 6.31. The number of nitrogens with zero attached hydrogens (tertiary/aromatic N) is 8. The molecule has 12 nitrogen and oxygen atoms in total. The molecule has 0 saturated carbocycles. The number of ether oxygens (including phenoxy) is 1. The van der Waals surface area contributed by atoms with Crippen LogP contribution in [-0.2, 0) is 17.8 Å². The molecule has 224 valence electrons. The Labute approximate surface area is 252 Å². The van der Waals surface area contributed by atoms with Crippen LogP contribution in [-0.4, -0.2) is 81.5 Å². The van der Waals surface area contributed by atoms with Crippen molar-refractivity contribution in [1.29, 1.82) is 0 Å². The van der Waals surface area contributed by atoms with Crippen molar-refractivity contribution >= 4 is 39.4 Å². The summed E-state index contributed by atoms with van der Waals surface area (Å²) in [5.74, 6) is 1.95. The van der Waals surface area contributed by atoms with Gasteiger partial charge >= 0.3 is 0 Å². The smallest absolute Gasteiger partial charge is 0.278 e. The highest BCUT2D eigenvalue weighted by Crippen LogP contribution is 2.33. The van der Waals surface area contributed by atoms with Crippen molar-refractivity contribution < 1.29 is 13.9 Å². The predicted octanol–water partition coefficient (Wildman–Crippen LogP) is 3.14. The average Bonchev–Trinajstić information content (AvgIpc) is 3.61. The van der Waals surface area contributed by atoms with Crippen molar-refractivity contribution in [2.75, 3.05) is 56.2 Å². The van der Waals surface area contributed by atoms with E-state index in [1.165, 1.54) is 0 Å². The molecule has 4 aromatic heterocycles. The van der Waals surface area contributed by atoms with Gasteiger partial charge in [-0.1, -0.05) is 12.2 Å². The molecule has 3 aliphatic heterocycles. The summed E-state index contributed by atoms with van der Waals surface area (Å²) < 4.78 is 14.9. The van der Waals surface area contributed by atoms with Gasteiger partial charge in [-0.2, -0.15) is 0 Å². The van der Waals surface area contributed by atoms with Gasteiger partial charge in [-0.25, -0.2) is 24.3 Å². The molecule has 7 heterocycles. The van der Waals surface area contributed by atoms with Gasteiger partial charge in [-0.15, -0.1) is 0 Å². The minimum atomic E-state index is -0.200. The Kier molecular flexibility index (Phi) is 6.44. The molecular weight excluding hydrogens is 560 g/mol. The predicted molar refractivity (Wildman–Crippen MR) is 166 cm³/mol. The van der Waals surface area contributed by atoms with Gasteiger partial charge < -0.3 is 19.0 Å². The Bertz CT molecular complexity index is 2000. The molecule has 0 unspecified atom stereocenters. The summed E-state index contributed by atoms with van der Waals surface area (Å²) in [5, 5.41) is 1.44. The molecule has 0 N–H and O–H groups in total. The van der Waals surface area contributed by atoms with Crippen LogP contribution in [0.3, 0.4) is 0 Å². The molecule has 44 heavy (non-hydrogen) atoms. The van der Waals surface area contributed by atoms with E-state index in [1.807, 2.05) is 24.3 Å². The molecule has 8 rings (SSSR count). The van der Waals surface area contributed by atoms with Crippen LogP contribution in [0.1, 0.15) is 24.2 Å². The first-order valence-corrected chi connectivity index (χ1v) is 15.0. The van der Waals surface area contributed by atoms with Crippen LogP contribution in [0.4, 0.5) is 11.5 Å². The number of carbonyl (C=O) groups is 1. The zero-order valence-corrected chi connectivity index (χ0v) is 24.5. The van der Waals surface area contributed by atoms with E-state index in [1.54, 1.807) is 32.8 Å². The highest BCUT2D eigenvalue weighted by molar-refractivity contribution is 5.97. The van der Waals surface area contributed by atoms with Gasteiger partial charge in [0.1, 0.15) is 11.2 Å². The number of fused-ring (bicyclic) bond motifs is 6. The number of aromatic nitrogens is 5. The highest BCUT2D eigenvalue weighted by atomic mass is 16.5. The van der Waals surface area contributed by atoms with Gasteiger partial charge in [0.25, 0.3) is 11.5 Å². The molecule has 5 aromatic rings. The second kappa shape index (κ2) is 10.6. The zero-order chi connectivity index (χ0) is 29.8. The SMILES string of the molecule is CN1CCN(c2cc(Cc3ncc4c(=O)n5n(c4n3)-c3ccc4c(n3)N(CCC/C=C\C5)C(=O)CO4)cc3ccoc23)CC1. The van der Waals surface area contributed by atoms with Crippen molar-refractivity contribution in [1.82, 2.24) is 29.2 Å². The van der Waals surface area contributed by atoms with E-state index in [4.69, 9.17) is 19.1 Å².